The molecule has 0 radical (unpaired) electrons. The summed E-state index contributed by atoms with van der Waals surface area (Å²) in [4.78, 5) is 4.09. The number of furan rings is 1. The lowest BCUT2D eigenvalue weighted by atomic mass is 10.2. The topological polar surface area (TPSA) is 72.3 Å². The molecule has 0 spiro atoms. The molecule has 0 unspecified atom stereocenters. The number of halogens is 1. The molecule has 1 N–H and O–H groups in total. The summed E-state index contributed by atoms with van der Waals surface area (Å²) in [7, 11) is 0. The van der Waals surface area contributed by atoms with Crippen LogP contribution in [0.1, 0.15) is 5.56 Å². The maximum atomic E-state index is 13.2. The highest BCUT2D eigenvalue weighted by molar-refractivity contribution is 5.64. The van der Waals surface area contributed by atoms with Crippen molar-refractivity contribution in [1.29, 1.82) is 0 Å². The van der Waals surface area contributed by atoms with Gasteiger partial charge in [0.2, 0.25) is 5.82 Å². The van der Waals surface area contributed by atoms with Gasteiger partial charge in [-0.15, -0.1) is 0 Å². The lowest BCUT2D eigenvalue weighted by Crippen LogP contribution is -1.83. The van der Waals surface area contributed by atoms with Gasteiger partial charge in [0.05, 0.1) is 11.8 Å². The minimum absolute atomic E-state index is 0.0304. The van der Waals surface area contributed by atoms with E-state index in [2.05, 4.69) is 10.1 Å². The van der Waals surface area contributed by atoms with E-state index in [0.29, 0.717) is 5.76 Å². The van der Waals surface area contributed by atoms with Crippen LogP contribution in [0.15, 0.2) is 39.5 Å². The number of aromatic hydroxyl groups is 1. The van der Waals surface area contributed by atoms with Crippen LogP contribution >= 0.6 is 0 Å². The first-order valence-electron chi connectivity index (χ1n) is 5.52. The first kappa shape index (κ1) is 11.5. The molecular weight excluding hydrogens is 251 g/mol. The lowest BCUT2D eigenvalue weighted by Gasteiger charge is -1.98. The molecule has 0 atom stereocenters. The summed E-state index contributed by atoms with van der Waals surface area (Å²) in [6.07, 6.45) is 1.51. The second-order valence-electron chi connectivity index (χ2n) is 4.02. The van der Waals surface area contributed by atoms with E-state index in [0.717, 1.165) is 17.7 Å². The Morgan fingerprint density at radius 2 is 2.11 bits per heavy atom. The highest BCUT2D eigenvalue weighted by Gasteiger charge is 2.17. The van der Waals surface area contributed by atoms with Gasteiger partial charge in [-0.2, -0.15) is 4.98 Å². The zero-order valence-electron chi connectivity index (χ0n) is 9.92. The van der Waals surface area contributed by atoms with Crippen LogP contribution in [0.4, 0.5) is 4.39 Å². The molecule has 19 heavy (non-hydrogen) atoms. The van der Waals surface area contributed by atoms with Gasteiger partial charge in [0.25, 0.3) is 5.89 Å². The van der Waals surface area contributed by atoms with Gasteiger partial charge in [-0.25, -0.2) is 4.39 Å². The van der Waals surface area contributed by atoms with Crippen molar-refractivity contribution in [3.63, 3.8) is 0 Å². The van der Waals surface area contributed by atoms with E-state index in [-0.39, 0.29) is 23.0 Å². The molecule has 0 aliphatic carbocycles. The first-order valence-corrected chi connectivity index (χ1v) is 5.52. The van der Waals surface area contributed by atoms with Gasteiger partial charge in [0, 0.05) is 0 Å². The molecule has 3 aromatic rings. The van der Waals surface area contributed by atoms with E-state index in [1.54, 1.807) is 6.07 Å². The highest BCUT2D eigenvalue weighted by Crippen LogP contribution is 2.30. The van der Waals surface area contributed by atoms with Crippen molar-refractivity contribution in [1.82, 2.24) is 10.1 Å². The summed E-state index contributed by atoms with van der Waals surface area (Å²) in [6, 6.07) is 5.27. The number of rotatable bonds is 2. The van der Waals surface area contributed by atoms with Crippen LogP contribution in [0.25, 0.3) is 23.0 Å². The van der Waals surface area contributed by atoms with Crippen LogP contribution in [0.2, 0.25) is 0 Å². The van der Waals surface area contributed by atoms with Crippen LogP contribution in [-0.2, 0) is 0 Å². The van der Waals surface area contributed by atoms with E-state index >= 15 is 0 Å². The Morgan fingerprint density at radius 1 is 1.26 bits per heavy atom. The molecule has 96 valence electrons. The van der Waals surface area contributed by atoms with Crippen molar-refractivity contribution in [2.45, 2.75) is 6.92 Å². The zero-order chi connectivity index (χ0) is 13.4. The number of phenols is 1. The Hall–Kier alpha value is -2.63. The zero-order valence-corrected chi connectivity index (χ0v) is 9.92. The summed E-state index contributed by atoms with van der Waals surface area (Å²) in [5.74, 6) is 0.129. The molecule has 0 amide bonds. The number of hydrogen-bond donors (Lipinski definition) is 1. The van der Waals surface area contributed by atoms with Crippen molar-refractivity contribution in [3.8, 4) is 28.8 Å². The molecular formula is C13H9FN2O3. The molecule has 0 fully saturated rings. The lowest BCUT2D eigenvalue weighted by molar-refractivity contribution is 0.422. The average molecular weight is 260 g/mol. The van der Waals surface area contributed by atoms with Crippen molar-refractivity contribution >= 4 is 0 Å². The van der Waals surface area contributed by atoms with Gasteiger partial charge in [-0.05, 0) is 36.8 Å². The predicted molar refractivity (Wildman–Crippen MR) is 63.8 cm³/mol. The smallest absolute Gasteiger partial charge is 0.262 e. The van der Waals surface area contributed by atoms with Crippen molar-refractivity contribution in [3.05, 3.63) is 41.9 Å². The van der Waals surface area contributed by atoms with Crippen molar-refractivity contribution < 1.29 is 18.4 Å². The minimum Gasteiger partial charge on any atom is -0.507 e. The third kappa shape index (κ3) is 1.97. The fourth-order valence-corrected chi connectivity index (χ4v) is 1.71. The van der Waals surface area contributed by atoms with Crippen LogP contribution < -0.4 is 0 Å². The number of aryl methyl sites for hydroxylation is 1. The normalized spacial score (nSPS) is 10.8. The second kappa shape index (κ2) is 4.24. The summed E-state index contributed by atoms with van der Waals surface area (Å²) in [6.45, 7) is 1.84. The second-order valence-corrected chi connectivity index (χ2v) is 4.02. The van der Waals surface area contributed by atoms with E-state index in [9.17, 15) is 9.50 Å². The highest BCUT2D eigenvalue weighted by atomic mass is 19.1. The van der Waals surface area contributed by atoms with Crippen LogP contribution in [0.5, 0.6) is 5.75 Å². The monoisotopic (exact) mass is 260 g/mol. The summed E-state index contributed by atoms with van der Waals surface area (Å²) in [5.41, 5.74) is 0.999. The Labute approximate surface area is 107 Å². The Kier molecular flexibility index (Phi) is 2.56. The van der Waals surface area contributed by atoms with Crippen LogP contribution in [0, 0.1) is 12.7 Å². The van der Waals surface area contributed by atoms with E-state index in [4.69, 9.17) is 8.94 Å². The predicted octanol–water partition coefficient (Wildman–Crippen LogP) is 3.15. The fourth-order valence-electron chi connectivity index (χ4n) is 1.71. The Bertz CT molecular complexity index is 733. The molecule has 6 heteroatoms. The molecule has 0 saturated heterocycles. The number of phenolic OH excluding ortho intramolecular Hbond substituents is 1. The van der Waals surface area contributed by atoms with Crippen LogP contribution in [-0.4, -0.2) is 15.2 Å². The third-order valence-corrected chi connectivity index (χ3v) is 2.68. The molecule has 2 aromatic heterocycles. The Morgan fingerprint density at radius 3 is 2.84 bits per heavy atom. The van der Waals surface area contributed by atoms with E-state index in [1.807, 2.05) is 6.92 Å². The molecule has 0 saturated carbocycles. The molecule has 2 heterocycles. The van der Waals surface area contributed by atoms with E-state index in [1.165, 1.54) is 12.3 Å². The number of hydrogen-bond acceptors (Lipinski definition) is 5. The largest absolute Gasteiger partial charge is 0.507 e. The molecule has 0 aliphatic heterocycles. The quantitative estimate of drug-likeness (QED) is 0.766. The van der Waals surface area contributed by atoms with Gasteiger partial charge in [-0.3, -0.25) is 0 Å². The van der Waals surface area contributed by atoms with Crippen molar-refractivity contribution in [2.75, 3.05) is 0 Å². The standard InChI is InChI=1S/C13H9FN2O3/c1-7-4-5-18-11(7)12-15-13(19-16-12)9-6-8(14)2-3-10(9)17/h2-6,17H,1H3. The van der Waals surface area contributed by atoms with E-state index < -0.39 is 5.82 Å². The van der Waals surface area contributed by atoms with Gasteiger partial charge < -0.3 is 14.0 Å². The van der Waals surface area contributed by atoms with Gasteiger partial charge in [0.15, 0.2) is 5.76 Å². The minimum atomic E-state index is -0.498. The van der Waals surface area contributed by atoms with Gasteiger partial charge >= 0.3 is 0 Å². The first-order chi connectivity index (χ1) is 9.15. The molecule has 3 rings (SSSR count). The molecule has 0 aliphatic rings. The third-order valence-electron chi connectivity index (χ3n) is 2.68. The number of nitrogens with zero attached hydrogens (tertiary/aromatic N) is 2. The molecule has 1 aromatic carbocycles. The maximum absolute atomic E-state index is 13.2. The Balaban J connectivity index is 2.06. The summed E-state index contributed by atoms with van der Waals surface area (Å²) >= 11 is 0. The molecule has 0 bridgehead atoms. The fraction of sp³-hybridized carbons (Fsp3) is 0.0769. The SMILES string of the molecule is Cc1ccoc1-c1noc(-c2cc(F)ccc2O)n1. The van der Waals surface area contributed by atoms with Crippen molar-refractivity contribution in [2.24, 2.45) is 0 Å². The van der Waals surface area contributed by atoms with Gasteiger partial charge in [-0.1, -0.05) is 5.16 Å². The van der Waals surface area contributed by atoms with Gasteiger partial charge in [0.1, 0.15) is 11.6 Å². The number of aromatic nitrogens is 2. The summed E-state index contributed by atoms with van der Waals surface area (Å²) in [5, 5.41) is 13.4. The average Bonchev–Trinajstić information content (AvgIpc) is 3.00. The maximum Gasteiger partial charge on any atom is 0.262 e. The van der Waals surface area contributed by atoms with Crippen LogP contribution in [0.3, 0.4) is 0 Å². The summed E-state index contributed by atoms with van der Waals surface area (Å²) < 4.78 is 23.4. The molecule has 5 nitrogen and oxygen atoms in total. The number of benzene rings is 1.